The predicted octanol–water partition coefficient (Wildman–Crippen LogP) is -1.61. The first-order chi connectivity index (χ1) is 3.70. The van der Waals surface area contributed by atoms with E-state index in [1.165, 1.54) is 0 Å². The van der Waals surface area contributed by atoms with Crippen molar-refractivity contribution < 1.29 is 14.7 Å². The van der Waals surface area contributed by atoms with Crippen LogP contribution in [-0.2, 0) is 9.59 Å². The largest absolute Gasteiger partial charge is 0.367 e. The highest BCUT2D eigenvalue weighted by Crippen LogP contribution is 1.96. The molecule has 0 saturated carbocycles. The van der Waals surface area contributed by atoms with E-state index in [1.54, 1.807) is 0 Å². The molecule has 1 fully saturated rings. The molecule has 1 aliphatic heterocycles. The number of aliphatic hydroxyl groups excluding tert-OH is 1. The van der Waals surface area contributed by atoms with Gasteiger partial charge in [-0.1, -0.05) is 0 Å². The van der Waals surface area contributed by atoms with Crippen molar-refractivity contribution in [3.05, 3.63) is 0 Å². The second-order valence-electron chi connectivity index (χ2n) is 1.61. The SMILES string of the molecule is O=C1CC(=O)C(O)N1. The van der Waals surface area contributed by atoms with Gasteiger partial charge in [0.15, 0.2) is 12.0 Å². The first kappa shape index (κ1) is 5.24. The molecule has 8 heavy (non-hydrogen) atoms. The van der Waals surface area contributed by atoms with Crippen molar-refractivity contribution in [2.24, 2.45) is 0 Å². The van der Waals surface area contributed by atoms with Gasteiger partial charge in [0.05, 0.1) is 6.42 Å². The summed E-state index contributed by atoms with van der Waals surface area (Å²) in [4.78, 5) is 20.4. The first-order valence-electron chi connectivity index (χ1n) is 2.20. The summed E-state index contributed by atoms with van der Waals surface area (Å²) in [6, 6.07) is 0. The van der Waals surface area contributed by atoms with Crippen LogP contribution in [0.5, 0.6) is 0 Å². The Bertz CT molecular complexity index is 142. The number of Topliss-reactive ketones (excluding diaryl/α,β-unsaturated/α-hetero) is 1. The number of carbonyl (C=O) groups excluding carboxylic acids is 2. The van der Waals surface area contributed by atoms with Gasteiger partial charge in [-0.3, -0.25) is 9.59 Å². The summed E-state index contributed by atoms with van der Waals surface area (Å²) in [5.41, 5.74) is 0. The minimum absolute atomic E-state index is 0.179. The van der Waals surface area contributed by atoms with Crippen LogP contribution in [0.15, 0.2) is 0 Å². The Kier molecular flexibility index (Phi) is 1.02. The van der Waals surface area contributed by atoms with Crippen LogP contribution in [0.2, 0.25) is 0 Å². The van der Waals surface area contributed by atoms with Gasteiger partial charge in [0.2, 0.25) is 5.91 Å². The summed E-state index contributed by atoms with van der Waals surface area (Å²) in [6.07, 6.45) is -1.43. The van der Waals surface area contributed by atoms with Gasteiger partial charge in [0.1, 0.15) is 0 Å². The molecule has 1 unspecified atom stereocenters. The van der Waals surface area contributed by atoms with Crippen LogP contribution in [0.3, 0.4) is 0 Å². The molecule has 0 aromatic carbocycles. The molecule has 1 heterocycles. The van der Waals surface area contributed by atoms with Crippen LogP contribution < -0.4 is 5.32 Å². The van der Waals surface area contributed by atoms with Gasteiger partial charge >= 0.3 is 0 Å². The molecule has 0 bridgehead atoms. The van der Waals surface area contributed by atoms with Crippen LogP contribution in [0.4, 0.5) is 0 Å². The first-order valence-corrected chi connectivity index (χ1v) is 2.20. The lowest BCUT2D eigenvalue weighted by atomic mass is 10.3. The average molecular weight is 115 g/mol. The van der Waals surface area contributed by atoms with E-state index >= 15 is 0 Å². The lowest BCUT2D eigenvalue weighted by Crippen LogP contribution is -2.28. The molecule has 1 saturated heterocycles. The predicted molar refractivity (Wildman–Crippen MR) is 23.8 cm³/mol. The Hall–Kier alpha value is -0.900. The number of amides is 1. The van der Waals surface area contributed by atoms with Gasteiger partial charge in [-0.2, -0.15) is 0 Å². The van der Waals surface area contributed by atoms with Gasteiger partial charge in [-0.25, -0.2) is 0 Å². The van der Waals surface area contributed by atoms with E-state index in [9.17, 15) is 9.59 Å². The highest BCUT2D eigenvalue weighted by molar-refractivity contribution is 6.06. The molecule has 2 N–H and O–H groups in total. The summed E-state index contributed by atoms with van der Waals surface area (Å²) in [5, 5.41) is 10.5. The lowest BCUT2D eigenvalue weighted by molar-refractivity contribution is -0.125. The summed E-state index contributed by atoms with van der Waals surface area (Å²) < 4.78 is 0. The smallest absolute Gasteiger partial charge is 0.229 e. The fraction of sp³-hybridized carbons (Fsp3) is 0.500. The maximum atomic E-state index is 10.3. The molecular formula is C4H5NO3. The minimum Gasteiger partial charge on any atom is -0.367 e. The van der Waals surface area contributed by atoms with Crippen molar-refractivity contribution in [1.29, 1.82) is 0 Å². The summed E-state index contributed by atoms with van der Waals surface area (Å²) in [6.45, 7) is 0. The average Bonchev–Trinajstić information content (AvgIpc) is 1.85. The molecule has 0 aromatic heterocycles. The number of ketones is 1. The van der Waals surface area contributed by atoms with Crippen molar-refractivity contribution in [3.63, 3.8) is 0 Å². The van der Waals surface area contributed by atoms with Crippen molar-refractivity contribution >= 4 is 11.7 Å². The zero-order valence-electron chi connectivity index (χ0n) is 4.05. The van der Waals surface area contributed by atoms with Gasteiger partial charge in [-0.05, 0) is 0 Å². The van der Waals surface area contributed by atoms with Crippen LogP contribution in [0, 0.1) is 0 Å². The second kappa shape index (κ2) is 1.56. The quantitative estimate of drug-likeness (QED) is 0.373. The maximum Gasteiger partial charge on any atom is 0.229 e. The van der Waals surface area contributed by atoms with Crippen LogP contribution in [0.1, 0.15) is 6.42 Å². The summed E-state index contributed by atoms with van der Waals surface area (Å²) in [5.74, 6) is -0.850. The minimum atomic E-state index is -1.25. The summed E-state index contributed by atoms with van der Waals surface area (Å²) in [7, 11) is 0. The van der Waals surface area contributed by atoms with Crippen LogP contribution >= 0.6 is 0 Å². The molecule has 0 aliphatic carbocycles. The molecule has 4 nitrogen and oxygen atoms in total. The molecule has 0 radical (unpaired) electrons. The highest BCUT2D eigenvalue weighted by atomic mass is 16.3. The van der Waals surface area contributed by atoms with E-state index in [1.807, 2.05) is 5.32 Å². The van der Waals surface area contributed by atoms with E-state index in [0.717, 1.165) is 0 Å². The molecule has 4 heteroatoms. The molecule has 1 rings (SSSR count). The number of hydrogen-bond acceptors (Lipinski definition) is 3. The van der Waals surface area contributed by atoms with Crippen molar-refractivity contribution in [2.75, 3.05) is 0 Å². The number of carbonyl (C=O) groups is 2. The van der Waals surface area contributed by atoms with Crippen LogP contribution in [-0.4, -0.2) is 23.0 Å². The number of rotatable bonds is 0. The van der Waals surface area contributed by atoms with Crippen molar-refractivity contribution in [3.8, 4) is 0 Å². The summed E-state index contributed by atoms with van der Waals surface area (Å²) >= 11 is 0. The molecule has 44 valence electrons. The highest BCUT2D eigenvalue weighted by Gasteiger charge is 2.27. The van der Waals surface area contributed by atoms with Crippen molar-refractivity contribution in [1.82, 2.24) is 5.32 Å². The second-order valence-corrected chi connectivity index (χ2v) is 1.61. The number of aliphatic hydroxyl groups is 1. The van der Waals surface area contributed by atoms with Gasteiger partial charge in [0, 0.05) is 0 Å². The molecule has 0 spiro atoms. The van der Waals surface area contributed by atoms with E-state index in [4.69, 9.17) is 5.11 Å². The number of hydrogen-bond donors (Lipinski definition) is 2. The van der Waals surface area contributed by atoms with Gasteiger partial charge in [0.25, 0.3) is 0 Å². The molecule has 1 aliphatic rings. The van der Waals surface area contributed by atoms with Gasteiger partial charge < -0.3 is 10.4 Å². The van der Waals surface area contributed by atoms with E-state index < -0.39 is 17.9 Å². The van der Waals surface area contributed by atoms with Gasteiger partial charge in [-0.15, -0.1) is 0 Å². The maximum absolute atomic E-state index is 10.3. The number of nitrogens with one attached hydrogen (secondary N) is 1. The fourth-order valence-electron chi connectivity index (χ4n) is 0.539. The molecule has 1 amide bonds. The Morgan fingerprint density at radius 2 is 2.25 bits per heavy atom. The topological polar surface area (TPSA) is 66.4 Å². The Morgan fingerprint density at radius 3 is 2.38 bits per heavy atom. The lowest BCUT2D eigenvalue weighted by Gasteiger charge is -1.93. The Morgan fingerprint density at radius 1 is 1.62 bits per heavy atom. The normalized spacial score (nSPS) is 28.4. The monoisotopic (exact) mass is 115 g/mol. The third-order valence-corrected chi connectivity index (χ3v) is 0.937. The third-order valence-electron chi connectivity index (χ3n) is 0.937. The van der Waals surface area contributed by atoms with Crippen molar-refractivity contribution in [2.45, 2.75) is 12.6 Å². The standard InChI is InChI=1S/C4H5NO3/c6-2-1-3(7)5-4(2)8/h4,8H,1H2,(H,5,7). The molecule has 0 aromatic rings. The van der Waals surface area contributed by atoms with E-state index in [0.29, 0.717) is 0 Å². The Balaban J connectivity index is 2.64. The zero-order valence-corrected chi connectivity index (χ0v) is 4.05. The molecular weight excluding hydrogens is 110 g/mol. The third kappa shape index (κ3) is 0.696. The zero-order chi connectivity index (χ0) is 6.15. The Labute approximate surface area is 45.5 Å². The van der Waals surface area contributed by atoms with Crippen LogP contribution in [0.25, 0.3) is 0 Å². The fourth-order valence-corrected chi connectivity index (χ4v) is 0.539. The molecule has 1 atom stereocenters. The van der Waals surface area contributed by atoms with E-state index in [2.05, 4.69) is 0 Å². The van der Waals surface area contributed by atoms with E-state index in [-0.39, 0.29) is 6.42 Å².